The van der Waals surface area contributed by atoms with E-state index in [1.807, 2.05) is 0 Å². The number of hydrogen-bond acceptors (Lipinski definition) is 3. The molecule has 0 radical (unpaired) electrons. The van der Waals surface area contributed by atoms with Crippen molar-refractivity contribution in [1.82, 2.24) is 0 Å². The highest BCUT2D eigenvalue weighted by Crippen LogP contribution is 2.80. The van der Waals surface area contributed by atoms with Gasteiger partial charge in [0.05, 0.1) is 18.3 Å². The number of aliphatic hydroxyl groups excluding tert-OH is 3. The van der Waals surface area contributed by atoms with E-state index in [4.69, 9.17) is 0 Å². The monoisotopic (exact) mass is 406 g/mol. The fourth-order valence-electron chi connectivity index (χ4n) is 4.73. The Kier molecular flexibility index (Phi) is 3.69. The van der Waals surface area contributed by atoms with E-state index in [1.165, 1.54) is 0 Å². The molecule has 0 spiro atoms. The molecule has 8 unspecified atom stereocenters. The van der Waals surface area contributed by atoms with Crippen LogP contribution in [0.1, 0.15) is 12.8 Å². The molecule has 4 bridgehead atoms. The fourth-order valence-corrected chi connectivity index (χ4v) is 7.29. The molecule has 2 saturated heterocycles. The van der Waals surface area contributed by atoms with Crippen molar-refractivity contribution in [3.8, 4) is 0 Å². The fraction of sp³-hybridized carbons (Fsp3) is 1.00. The van der Waals surface area contributed by atoms with Crippen LogP contribution in [-0.2, 0) is 0 Å². The summed E-state index contributed by atoms with van der Waals surface area (Å²) in [6.45, 7) is 0. The third-order valence-electron chi connectivity index (χ3n) is 5.91. The molecule has 2 aliphatic heterocycles. The highest BCUT2D eigenvalue weighted by Gasteiger charge is 2.89. The molecule has 25 heavy (non-hydrogen) atoms. The van der Waals surface area contributed by atoms with Crippen molar-refractivity contribution in [2.24, 2.45) is 11.3 Å². The maximum absolute atomic E-state index is 13.6. The second-order valence-corrected chi connectivity index (χ2v) is 8.97. The molecular formula is C12H12F9O3P. The molecule has 2 aliphatic carbocycles. The minimum absolute atomic E-state index is 1.39. The quantitative estimate of drug-likeness (QED) is 0.428. The van der Waals surface area contributed by atoms with E-state index in [1.54, 1.807) is 0 Å². The molecule has 4 aliphatic rings. The van der Waals surface area contributed by atoms with Gasteiger partial charge in [-0.1, -0.05) is 8.58 Å². The summed E-state index contributed by atoms with van der Waals surface area (Å²) in [6.07, 6.45) is -29.0. The van der Waals surface area contributed by atoms with Crippen LogP contribution >= 0.6 is 8.58 Å². The summed E-state index contributed by atoms with van der Waals surface area (Å²) in [4.78, 5) is 0. The average Bonchev–Trinajstić information content (AvgIpc) is 2.38. The van der Waals surface area contributed by atoms with Crippen LogP contribution in [0.25, 0.3) is 0 Å². The summed E-state index contributed by atoms with van der Waals surface area (Å²) >= 11 is 0. The Hall–Kier alpha value is -0.320. The Morgan fingerprint density at radius 1 is 0.720 bits per heavy atom. The van der Waals surface area contributed by atoms with E-state index in [0.29, 0.717) is 0 Å². The van der Waals surface area contributed by atoms with Gasteiger partial charge in [-0.2, -0.15) is 39.5 Å². The minimum atomic E-state index is -5.73. The van der Waals surface area contributed by atoms with Gasteiger partial charge >= 0.3 is 18.5 Å². The number of alkyl halides is 9. The van der Waals surface area contributed by atoms with Crippen LogP contribution in [0.4, 0.5) is 39.5 Å². The van der Waals surface area contributed by atoms with Gasteiger partial charge in [-0.05, 0) is 12.8 Å². The lowest BCUT2D eigenvalue weighted by Gasteiger charge is -2.71. The molecule has 0 amide bonds. The Labute approximate surface area is 136 Å². The van der Waals surface area contributed by atoms with Crippen LogP contribution in [0.2, 0.25) is 0 Å². The van der Waals surface area contributed by atoms with E-state index in [2.05, 4.69) is 0 Å². The van der Waals surface area contributed by atoms with Crippen LogP contribution < -0.4 is 0 Å². The van der Waals surface area contributed by atoms with Gasteiger partial charge in [0.1, 0.15) is 15.7 Å². The highest BCUT2D eigenvalue weighted by atomic mass is 31.1. The molecule has 2 saturated carbocycles. The first-order chi connectivity index (χ1) is 11.0. The number of hydrogen-bond donors (Lipinski definition) is 3. The van der Waals surface area contributed by atoms with Crippen molar-refractivity contribution in [3.63, 3.8) is 0 Å². The molecule has 0 aromatic rings. The molecule has 0 aromatic heterocycles. The van der Waals surface area contributed by atoms with Gasteiger partial charge in [-0.15, -0.1) is 0 Å². The largest absolute Gasteiger partial charge is 0.400 e. The number of aliphatic hydroxyl groups is 3. The van der Waals surface area contributed by atoms with Gasteiger partial charge in [0, 0.05) is 5.92 Å². The average molecular weight is 406 g/mol. The maximum atomic E-state index is 13.6. The van der Waals surface area contributed by atoms with Gasteiger partial charge in [-0.3, -0.25) is 0 Å². The van der Waals surface area contributed by atoms with Crippen LogP contribution in [0, 0.1) is 11.3 Å². The lowest BCUT2D eigenvalue weighted by atomic mass is 9.50. The van der Waals surface area contributed by atoms with Crippen molar-refractivity contribution in [2.45, 2.75) is 60.0 Å². The standard InChI is InChI=1S/C12H12F9O3P/c13-10(14,15)7-2-9(12(19,20)21)5(23)3(4(7)22)1-8(25-9,6(7)24)11(16,17)18/h3-6,22-25H,1-2H2. The maximum Gasteiger partial charge on any atom is 0.400 e. The number of halogens is 9. The van der Waals surface area contributed by atoms with Crippen LogP contribution in [-0.4, -0.2) is 62.5 Å². The van der Waals surface area contributed by atoms with Crippen molar-refractivity contribution < 1.29 is 54.8 Å². The van der Waals surface area contributed by atoms with Gasteiger partial charge < -0.3 is 15.3 Å². The Morgan fingerprint density at radius 3 is 1.60 bits per heavy atom. The van der Waals surface area contributed by atoms with Crippen LogP contribution in [0.15, 0.2) is 0 Å². The lowest BCUT2D eigenvalue weighted by Crippen LogP contribution is -2.84. The van der Waals surface area contributed by atoms with Crippen molar-refractivity contribution in [3.05, 3.63) is 0 Å². The van der Waals surface area contributed by atoms with E-state index in [0.717, 1.165) is 0 Å². The molecule has 146 valence electrons. The second-order valence-electron chi connectivity index (χ2n) is 6.94. The first-order valence-corrected chi connectivity index (χ1v) is 8.02. The molecule has 3 nitrogen and oxygen atoms in total. The van der Waals surface area contributed by atoms with Crippen molar-refractivity contribution >= 4 is 8.58 Å². The van der Waals surface area contributed by atoms with Crippen LogP contribution in [0.5, 0.6) is 0 Å². The Morgan fingerprint density at radius 2 is 1.20 bits per heavy atom. The van der Waals surface area contributed by atoms with Crippen LogP contribution in [0.3, 0.4) is 0 Å². The Balaban J connectivity index is 2.34. The SMILES string of the molecule is OC1C2CC3(C(F)(F)F)PC1(C(F)(F)F)CC(C(F)(F)F)(C2O)C3O. The first kappa shape index (κ1) is 19.4. The molecule has 0 aromatic carbocycles. The molecule has 13 heteroatoms. The van der Waals surface area contributed by atoms with E-state index in [-0.39, 0.29) is 0 Å². The molecule has 2 heterocycles. The molecule has 4 fully saturated rings. The zero-order valence-electron chi connectivity index (χ0n) is 12.0. The second kappa shape index (κ2) is 4.74. The predicted octanol–water partition coefficient (Wildman–Crippen LogP) is 2.34. The van der Waals surface area contributed by atoms with Crippen molar-refractivity contribution in [1.29, 1.82) is 0 Å². The van der Waals surface area contributed by atoms with E-state index >= 15 is 0 Å². The minimum Gasteiger partial charge on any atom is -0.392 e. The molecular weight excluding hydrogens is 394 g/mol. The summed E-state index contributed by atoms with van der Waals surface area (Å²) in [5.74, 6) is -2.30. The predicted molar refractivity (Wildman–Crippen MR) is 65.1 cm³/mol. The zero-order valence-corrected chi connectivity index (χ0v) is 13.0. The summed E-state index contributed by atoms with van der Waals surface area (Å²) in [7, 11) is -2.24. The summed E-state index contributed by atoms with van der Waals surface area (Å²) in [6, 6.07) is 0. The summed E-state index contributed by atoms with van der Waals surface area (Å²) < 4.78 is 122. The van der Waals surface area contributed by atoms with Gasteiger partial charge in [0.15, 0.2) is 0 Å². The number of rotatable bonds is 0. The normalized spacial score (nSPS) is 51.4. The molecule has 4 rings (SSSR count). The third-order valence-corrected chi connectivity index (χ3v) is 8.32. The smallest absolute Gasteiger partial charge is 0.392 e. The summed E-state index contributed by atoms with van der Waals surface area (Å²) in [5, 5.41) is 22.5. The topological polar surface area (TPSA) is 60.7 Å². The van der Waals surface area contributed by atoms with Gasteiger partial charge in [0.2, 0.25) is 0 Å². The summed E-state index contributed by atoms with van der Waals surface area (Å²) in [5.41, 5.74) is -4.01. The highest BCUT2D eigenvalue weighted by molar-refractivity contribution is 7.42. The van der Waals surface area contributed by atoms with E-state index < -0.39 is 79.9 Å². The van der Waals surface area contributed by atoms with Gasteiger partial charge in [-0.25, -0.2) is 0 Å². The zero-order chi connectivity index (χ0) is 19.4. The lowest BCUT2D eigenvalue weighted by molar-refractivity contribution is -0.374. The van der Waals surface area contributed by atoms with Crippen molar-refractivity contribution in [2.75, 3.05) is 0 Å². The first-order valence-electron chi connectivity index (χ1n) is 7.02. The molecule has 8 atom stereocenters. The Bertz CT molecular complexity index is 576. The van der Waals surface area contributed by atoms with E-state index in [9.17, 15) is 54.8 Å². The molecule has 3 N–H and O–H groups in total. The third kappa shape index (κ3) is 1.94. The van der Waals surface area contributed by atoms with Gasteiger partial charge in [0.25, 0.3) is 0 Å².